The molecule has 2 rings (SSSR count). The third kappa shape index (κ3) is 3.32. The number of thiophene rings is 1. The summed E-state index contributed by atoms with van der Waals surface area (Å²) in [6.07, 6.45) is 1.93. The molecule has 1 fully saturated rings. The minimum Gasteiger partial charge on any atom is -0.206 e. The van der Waals surface area contributed by atoms with Crippen molar-refractivity contribution >= 4 is 33.0 Å². The van der Waals surface area contributed by atoms with Crippen LogP contribution >= 0.6 is 22.9 Å². The minimum atomic E-state index is -3.31. The number of sulfonamides is 1. The van der Waals surface area contributed by atoms with E-state index in [9.17, 15) is 8.42 Å². The number of piperidine rings is 1. The molecule has 0 amide bonds. The SMILES string of the molecule is CC(C)C1CCN(S(=O)(=O)c2ccc(CCl)s2)CC1. The van der Waals surface area contributed by atoms with E-state index in [4.69, 9.17) is 11.6 Å². The second-order valence-corrected chi connectivity index (χ2v) is 8.94. The van der Waals surface area contributed by atoms with Crippen molar-refractivity contribution in [3.05, 3.63) is 17.0 Å². The summed E-state index contributed by atoms with van der Waals surface area (Å²) in [5.74, 6) is 1.65. The zero-order valence-corrected chi connectivity index (χ0v) is 13.7. The molecule has 0 N–H and O–H groups in total. The van der Waals surface area contributed by atoms with Crippen molar-refractivity contribution < 1.29 is 8.42 Å². The summed E-state index contributed by atoms with van der Waals surface area (Å²) in [7, 11) is -3.31. The Hall–Kier alpha value is -0.100. The number of hydrogen-bond donors (Lipinski definition) is 0. The molecule has 0 aliphatic carbocycles. The van der Waals surface area contributed by atoms with Gasteiger partial charge in [-0.05, 0) is 36.8 Å². The van der Waals surface area contributed by atoms with Gasteiger partial charge in [0.15, 0.2) is 0 Å². The molecular weight excluding hydrogens is 302 g/mol. The van der Waals surface area contributed by atoms with E-state index >= 15 is 0 Å². The van der Waals surface area contributed by atoms with Gasteiger partial charge in [-0.15, -0.1) is 22.9 Å². The molecule has 1 aliphatic rings. The van der Waals surface area contributed by atoms with Gasteiger partial charge in [0.05, 0.1) is 5.88 Å². The summed E-state index contributed by atoms with van der Waals surface area (Å²) in [4.78, 5) is 0.900. The summed E-state index contributed by atoms with van der Waals surface area (Å²) in [6, 6.07) is 3.47. The molecule has 0 radical (unpaired) electrons. The van der Waals surface area contributed by atoms with E-state index in [1.165, 1.54) is 11.3 Å². The fourth-order valence-electron chi connectivity index (χ4n) is 2.48. The van der Waals surface area contributed by atoms with Crippen molar-refractivity contribution in [2.75, 3.05) is 13.1 Å². The van der Waals surface area contributed by atoms with E-state index in [2.05, 4.69) is 13.8 Å². The van der Waals surface area contributed by atoms with Gasteiger partial charge < -0.3 is 0 Å². The monoisotopic (exact) mass is 321 g/mol. The molecule has 0 atom stereocenters. The van der Waals surface area contributed by atoms with Crippen molar-refractivity contribution in [2.24, 2.45) is 11.8 Å². The highest BCUT2D eigenvalue weighted by Gasteiger charge is 2.31. The first-order valence-electron chi connectivity index (χ1n) is 6.60. The van der Waals surface area contributed by atoms with Crippen molar-refractivity contribution in [1.82, 2.24) is 4.31 Å². The standard InChI is InChI=1S/C13H20ClNO2S2/c1-10(2)11-5-7-15(8-6-11)19(16,17)13-4-3-12(9-14)18-13/h3-4,10-11H,5-9H2,1-2H3. The van der Waals surface area contributed by atoms with Crippen LogP contribution in [0.25, 0.3) is 0 Å². The highest BCUT2D eigenvalue weighted by atomic mass is 35.5. The van der Waals surface area contributed by atoms with Crippen LogP contribution in [0.5, 0.6) is 0 Å². The molecule has 108 valence electrons. The first-order valence-corrected chi connectivity index (χ1v) is 9.39. The maximum absolute atomic E-state index is 12.5. The second-order valence-electron chi connectivity index (χ2n) is 5.34. The number of rotatable bonds is 4. The van der Waals surface area contributed by atoms with Gasteiger partial charge in [-0.2, -0.15) is 4.31 Å². The normalized spacial score (nSPS) is 19.2. The number of nitrogens with zero attached hydrogens (tertiary/aromatic N) is 1. The molecule has 3 nitrogen and oxygen atoms in total. The number of halogens is 1. The molecule has 0 aromatic carbocycles. The Balaban J connectivity index is 2.09. The largest absolute Gasteiger partial charge is 0.252 e. The molecule has 0 saturated carbocycles. The van der Waals surface area contributed by atoms with Gasteiger partial charge in [-0.3, -0.25) is 0 Å². The minimum absolute atomic E-state index is 0.371. The zero-order chi connectivity index (χ0) is 14.0. The van der Waals surface area contributed by atoms with E-state index < -0.39 is 10.0 Å². The van der Waals surface area contributed by atoms with E-state index in [0.717, 1.165) is 17.7 Å². The van der Waals surface area contributed by atoms with Crippen LogP contribution in [0.4, 0.5) is 0 Å². The molecule has 0 unspecified atom stereocenters. The van der Waals surface area contributed by atoms with Gasteiger partial charge in [0.2, 0.25) is 0 Å². The Morgan fingerprint density at radius 1 is 1.37 bits per heavy atom. The number of alkyl halides is 1. The maximum atomic E-state index is 12.5. The molecule has 1 aliphatic heterocycles. The van der Waals surface area contributed by atoms with Gasteiger partial charge in [0.25, 0.3) is 10.0 Å². The van der Waals surface area contributed by atoms with Gasteiger partial charge in [0.1, 0.15) is 4.21 Å². The quantitative estimate of drug-likeness (QED) is 0.795. The topological polar surface area (TPSA) is 37.4 Å². The summed E-state index contributed by atoms with van der Waals surface area (Å²) in [5.41, 5.74) is 0. The lowest BCUT2D eigenvalue weighted by Gasteiger charge is -2.32. The third-order valence-electron chi connectivity index (χ3n) is 3.80. The smallest absolute Gasteiger partial charge is 0.206 e. The Morgan fingerprint density at radius 3 is 2.47 bits per heavy atom. The Morgan fingerprint density at radius 2 is 2.00 bits per heavy atom. The van der Waals surface area contributed by atoms with Crippen LogP contribution in [-0.4, -0.2) is 25.8 Å². The molecule has 1 aromatic heterocycles. The summed E-state index contributed by atoms with van der Waals surface area (Å²) in [6.45, 7) is 5.69. The zero-order valence-electron chi connectivity index (χ0n) is 11.3. The average Bonchev–Trinajstić information content (AvgIpc) is 2.88. The summed E-state index contributed by atoms with van der Waals surface area (Å²) in [5, 5.41) is 0. The van der Waals surface area contributed by atoms with Crippen LogP contribution in [-0.2, 0) is 15.9 Å². The van der Waals surface area contributed by atoms with Crippen LogP contribution in [0.1, 0.15) is 31.6 Å². The molecule has 0 spiro atoms. The van der Waals surface area contributed by atoms with Crippen LogP contribution in [0, 0.1) is 11.8 Å². The lowest BCUT2D eigenvalue weighted by atomic mass is 9.87. The summed E-state index contributed by atoms with van der Waals surface area (Å²) >= 11 is 7.01. The van der Waals surface area contributed by atoms with Crippen LogP contribution < -0.4 is 0 Å². The van der Waals surface area contributed by atoms with Crippen molar-refractivity contribution in [3.8, 4) is 0 Å². The molecule has 1 saturated heterocycles. The Labute approximate surface area is 124 Å². The maximum Gasteiger partial charge on any atom is 0.252 e. The molecule has 0 bridgehead atoms. The first kappa shape index (κ1) is 15.3. The van der Waals surface area contributed by atoms with Crippen LogP contribution in [0.3, 0.4) is 0 Å². The highest BCUT2D eigenvalue weighted by molar-refractivity contribution is 7.91. The second kappa shape index (κ2) is 6.12. The molecule has 1 aromatic rings. The Bertz CT molecular complexity index is 517. The highest BCUT2D eigenvalue weighted by Crippen LogP contribution is 2.31. The van der Waals surface area contributed by atoms with Crippen LogP contribution in [0.2, 0.25) is 0 Å². The fraction of sp³-hybridized carbons (Fsp3) is 0.692. The van der Waals surface area contributed by atoms with E-state index in [1.54, 1.807) is 16.4 Å². The molecule has 2 heterocycles. The average molecular weight is 322 g/mol. The Kier molecular flexibility index (Phi) is 4.93. The lowest BCUT2D eigenvalue weighted by Crippen LogP contribution is -2.39. The fourth-order valence-corrected chi connectivity index (χ4v) is 5.56. The van der Waals surface area contributed by atoms with Crippen molar-refractivity contribution in [2.45, 2.75) is 36.8 Å². The molecule has 19 heavy (non-hydrogen) atoms. The van der Waals surface area contributed by atoms with E-state index in [1.807, 2.05) is 0 Å². The van der Waals surface area contributed by atoms with Gasteiger partial charge in [-0.25, -0.2) is 8.42 Å². The first-order chi connectivity index (χ1) is 8.95. The van der Waals surface area contributed by atoms with Gasteiger partial charge >= 0.3 is 0 Å². The third-order valence-corrected chi connectivity index (χ3v) is 7.70. The van der Waals surface area contributed by atoms with Gasteiger partial charge in [-0.1, -0.05) is 13.8 Å². The predicted molar refractivity (Wildman–Crippen MR) is 80.2 cm³/mol. The van der Waals surface area contributed by atoms with E-state index in [-0.39, 0.29) is 0 Å². The van der Waals surface area contributed by atoms with Gasteiger partial charge in [0, 0.05) is 18.0 Å². The summed E-state index contributed by atoms with van der Waals surface area (Å²) < 4.78 is 27.0. The van der Waals surface area contributed by atoms with E-state index in [0.29, 0.717) is 35.0 Å². The number of hydrogen-bond acceptors (Lipinski definition) is 3. The lowest BCUT2D eigenvalue weighted by molar-refractivity contribution is 0.227. The van der Waals surface area contributed by atoms with Crippen molar-refractivity contribution in [1.29, 1.82) is 0 Å². The van der Waals surface area contributed by atoms with Crippen LogP contribution in [0.15, 0.2) is 16.3 Å². The van der Waals surface area contributed by atoms with Crippen molar-refractivity contribution in [3.63, 3.8) is 0 Å². The molecule has 6 heteroatoms. The predicted octanol–water partition coefficient (Wildman–Crippen LogP) is 3.54. The molecular formula is C13H20ClNO2S2.